The molecule has 30 heavy (non-hydrogen) atoms. The summed E-state index contributed by atoms with van der Waals surface area (Å²) in [5.41, 5.74) is 1.49. The van der Waals surface area contributed by atoms with E-state index in [0.717, 1.165) is 11.1 Å². The van der Waals surface area contributed by atoms with Gasteiger partial charge < -0.3 is 9.64 Å². The van der Waals surface area contributed by atoms with Gasteiger partial charge in [-0.25, -0.2) is 9.18 Å². The highest BCUT2D eigenvalue weighted by Gasteiger charge is 2.35. The zero-order valence-electron chi connectivity index (χ0n) is 18.3. The molecule has 1 atom stereocenters. The first-order valence-corrected chi connectivity index (χ1v) is 10.1. The summed E-state index contributed by atoms with van der Waals surface area (Å²) in [5.74, 6) is -0.0913. The van der Waals surface area contributed by atoms with Gasteiger partial charge >= 0.3 is 6.09 Å². The lowest BCUT2D eigenvalue weighted by atomic mass is 10.0. The van der Waals surface area contributed by atoms with E-state index in [2.05, 4.69) is 5.10 Å². The zero-order valence-corrected chi connectivity index (χ0v) is 18.3. The number of ether oxygens (including phenoxy) is 1. The minimum absolute atomic E-state index is 0.0913. The van der Waals surface area contributed by atoms with Crippen molar-refractivity contribution in [3.63, 3.8) is 0 Å². The van der Waals surface area contributed by atoms with Gasteiger partial charge in [0, 0.05) is 25.2 Å². The summed E-state index contributed by atoms with van der Waals surface area (Å²) in [6.45, 7) is 10.5. The second-order valence-electron chi connectivity index (χ2n) is 8.63. The van der Waals surface area contributed by atoms with Gasteiger partial charge in [-0.1, -0.05) is 6.07 Å². The number of rotatable bonds is 4. The molecule has 7 nitrogen and oxygen atoms in total. The van der Waals surface area contributed by atoms with Crippen molar-refractivity contribution in [1.82, 2.24) is 9.78 Å². The number of hydrogen-bond donors (Lipinski definition) is 0. The largest absolute Gasteiger partial charge is 0.446 e. The van der Waals surface area contributed by atoms with Gasteiger partial charge in [-0.3, -0.25) is 14.4 Å². The van der Waals surface area contributed by atoms with E-state index in [4.69, 9.17) is 4.74 Å². The SMILES string of the molecule is CC(=O)N1c2ccc(-c3cnn(CC(C)(C)F)c3)cc2N(C(=O)OC(C)C)CC1C. The first kappa shape index (κ1) is 21.8. The second-order valence-corrected chi connectivity index (χ2v) is 8.63. The van der Waals surface area contributed by atoms with Gasteiger partial charge in [-0.15, -0.1) is 0 Å². The molecule has 0 aliphatic carbocycles. The van der Waals surface area contributed by atoms with Crippen molar-refractivity contribution in [1.29, 1.82) is 0 Å². The molecule has 1 aromatic heterocycles. The molecule has 2 heterocycles. The van der Waals surface area contributed by atoms with Crippen molar-refractivity contribution >= 4 is 23.4 Å². The summed E-state index contributed by atoms with van der Waals surface area (Å²) in [7, 11) is 0. The van der Waals surface area contributed by atoms with Gasteiger partial charge in [-0.05, 0) is 52.3 Å². The average molecular weight is 416 g/mol. The Morgan fingerprint density at radius 1 is 1.27 bits per heavy atom. The van der Waals surface area contributed by atoms with Gasteiger partial charge in [0.15, 0.2) is 0 Å². The van der Waals surface area contributed by atoms with Crippen LogP contribution < -0.4 is 9.80 Å². The van der Waals surface area contributed by atoms with Crippen molar-refractivity contribution in [2.24, 2.45) is 0 Å². The van der Waals surface area contributed by atoms with E-state index >= 15 is 0 Å². The number of benzene rings is 1. The van der Waals surface area contributed by atoms with Gasteiger partial charge in [0.2, 0.25) is 5.91 Å². The molecule has 1 aromatic carbocycles. The van der Waals surface area contributed by atoms with Crippen LogP contribution in [-0.2, 0) is 16.1 Å². The number of fused-ring (bicyclic) bond motifs is 1. The highest BCUT2D eigenvalue weighted by molar-refractivity contribution is 6.03. The molecule has 0 spiro atoms. The molecule has 0 fully saturated rings. The maximum absolute atomic E-state index is 14.0. The Kier molecular flexibility index (Phi) is 5.87. The van der Waals surface area contributed by atoms with Gasteiger partial charge in [0.25, 0.3) is 0 Å². The molecule has 1 aliphatic heterocycles. The summed E-state index contributed by atoms with van der Waals surface area (Å²) < 4.78 is 20.9. The van der Waals surface area contributed by atoms with Crippen molar-refractivity contribution < 1.29 is 18.7 Å². The Labute approximate surface area is 176 Å². The van der Waals surface area contributed by atoms with Crippen LogP contribution in [0.5, 0.6) is 0 Å². The predicted molar refractivity (Wildman–Crippen MR) is 114 cm³/mol. The summed E-state index contributed by atoms with van der Waals surface area (Å²) in [4.78, 5) is 28.3. The lowest BCUT2D eigenvalue weighted by molar-refractivity contribution is -0.117. The van der Waals surface area contributed by atoms with E-state index in [1.54, 1.807) is 40.7 Å². The Morgan fingerprint density at radius 3 is 2.57 bits per heavy atom. The lowest BCUT2D eigenvalue weighted by Gasteiger charge is -2.40. The monoisotopic (exact) mass is 416 g/mol. The molecule has 1 aliphatic rings. The van der Waals surface area contributed by atoms with Crippen LogP contribution in [0.15, 0.2) is 30.6 Å². The molecule has 0 radical (unpaired) electrons. The van der Waals surface area contributed by atoms with E-state index in [9.17, 15) is 14.0 Å². The Bertz CT molecular complexity index is 948. The number of hydrogen-bond acceptors (Lipinski definition) is 4. The molecule has 162 valence electrons. The number of nitrogens with zero attached hydrogens (tertiary/aromatic N) is 4. The Hall–Kier alpha value is -2.90. The molecular weight excluding hydrogens is 387 g/mol. The lowest BCUT2D eigenvalue weighted by Crippen LogP contribution is -2.51. The number of alkyl halides is 1. The average Bonchev–Trinajstić information content (AvgIpc) is 3.06. The topological polar surface area (TPSA) is 67.7 Å². The number of carbonyl (C=O) groups excluding carboxylic acids is 2. The maximum Gasteiger partial charge on any atom is 0.414 e. The molecule has 1 unspecified atom stereocenters. The van der Waals surface area contributed by atoms with Crippen molar-refractivity contribution in [2.75, 3.05) is 16.3 Å². The highest BCUT2D eigenvalue weighted by atomic mass is 19.1. The molecule has 8 heteroatoms. The van der Waals surface area contributed by atoms with E-state index < -0.39 is 11.8 Å². The Balaban J connectivity index is 2.02. The maximum atomic E-state index is 14.0. The standard InChI is InChI=1S/C22H29FN4O3/c1-14(2)30-21(29)26-11-15(3)27(16(4)28)19-8-7-17(9-20(19)26)18-10-24-25(12-18)13-22(5,6)23/h7-10,12,14-15H,11,13H2,1-6H3. The number of halogens is 1. The highest BCUT2D eigenvalue weighted by Crippen LogP contribution is 2.39. The van der Waals surface area contributed by atoms with E-state index in [-0.39, 0.29) is 24.6 Å². The minimum atomic E-state index is -1.38. The van der Waals surface area contributed by atoms with Crippen molar-refractivity contribution in [3.05, 3.63) is 30.6 Å². The van der Waals surface area contributed by atoms with Crippen LogP contribution in [0, 0.1) is 0 Å². The molecular formula is C22H29FN4O3. The van der Waals surface area contributed by atoms with Crippen LogP contribution in [0.2, 0.25) is 0 Å². The number of amides is 2. The van der Waals surface area contributed by atoms with Gasteiger partial charge in [0.1, 0.15) is 5.67 Å². The summed E-state index contributed by atoms with van der Waals surface area (Å²) in [6, 6.07) is 5.37. The van der Waals surface area contributed by atoms with E-state index in [0.29, 0.717) is 17.9 Å². The third-order valence-corrected chi connectivity index (χ3v) is 4.81. The van der Waals surface area contributed by atoms with Crippen molar-refractivity contribution in [2.45, 2.75) is 65.9 Å². The summed E-state index contributed by atoms with van der Waals surface area (Å²) in [6.07, 6.45) is 2.73. The molecule has 0 N–H and O–H groups in total. The molecule has 0 bridgehead atoms. The molecule has 3 rings (SSSR count). The first-order valence-electron chi connectivity index (χ1n) is 10.1. The summed E-state index contributed by atoms with van der Waals surface area (Å²) in [5, 5.41) is 4.25. The van der Waals surface area contributed by atoms with Crippen LogP contribution >= 0.6 is 0 Å². The third-order valence-electron chi connectivity index (χ3n) is 4.81. The quantitative estimate of drug-likeness (QED) is 0.741. The summed E-state index contributed by atoms with van der Waals surface area (Å²) >= 11 is 0. The third kappa shape index (κ3) is 4.63. The van der Waals surface area contributed by atoms with Crippen LogP contribution in [0.25, 0.3) is 11.1 Å². The number of carbonyl (C=O) groups is 2. The number of anilines is 2. The zero-order chi connectivity index (χ0) is 22.2. The molecule has 2 amide bonds. The van der Waals surface area contributed by atoms with E-state index in [1.165, 1.54) is 20.8 Å². The fraction of sp³-hybridized carbons (Fsp3) is 0.500. The van der Waals surface area contributed by atoms with Crippen molar-refractivity contribution in [3.8, 4) is 11.1 Å². The van der Waals surface area contributed by atoms with Crippen LogP contribution in [-0.4, -0.2) is 46.1 Å². The van der Waals surface area contributed by atoms with Crippen LogP contribution in [0.4, 0.5) is 20.6 Å². The predicted octanol–water partition coefficient (Wildman–Crippen LogP) is 4.40. The van der Waals surface area contributed by atoms with E-state index in [1.807, 2.05) is 25.1 Å². The first-order chi connectivity index (χ1) is 14.0. The fourth-order valence-electron chi connectivity index (χ4n) is 3.71. The minimum Gasteiger partial charge on any atom is -0.446 e. The Morgan fingerprint density at radius 2 is 1.97 bits per heavy atom. The van der Waals surface area contributed by atoms with Crippen LogP contribution in [0.3, 0.4) is 0 Å². The van der Waals surface area contributed by atoms with Crippen LogP contribution in [0.1, 0.15) is 41.5 Å². The van der Waals surface area contributed by atoms with Gasteiger partial charge in [-0.2, -0.15) is 5.10 Å². The molecule has 2 aromatic rings. The number of aromatic nitrogens is 2. The second kappa shape index (κ2) is 8.08. The normalized spacial score (nSPS) is 16.6. The molecule has 0 saturated heterocycles. The fourth-order valence-corrected chi connectivity index (χ4v) is 3.71. The van der Waals surface area contributed by atoms with Gasteiger partial charge in [0.05, 0.1) is 36.3 Å². The molecule has 0 saturated carbocycles. The smallest absolute Gasteiger partial charge is 0.414 e.